The van der Waals surface area contributed by atoms with Crippen LogP contribution in [-0.2, 0) is 9.53 Å². The molecule has 0 unspecified atom stereocenters. The van der Waals surface area contributed by atoms with Gasteiger partial charge in [-0.1, -0.05) is 19.1 Å². The third kappa shape index (κ3) is 3.75. The fourth-order valence-corrected chi connectivity index (χ4v) is 1.21. The second kappa shape index (κ2) is 6.48. The Bertz CT molecular complexity index is 435. The molecule has 0 saturated carbocycles. The molecule has 0 N–H and O–H groups in total. The van der Waals surface area contributed by atoms with Crippen LogP contribution in [0.4, 0.5) is 0 Å². The minimum absolute atomic E-state index is 0.430. The van der Waals surface area contributed by atoms with Crippen LogP contribution >= 0.6 is 0 Å². The Labute approximate surface area is 99.8 Å². The predicted octanol–water partition coefficient (Wildman–Crippen LogP) is 2.34. The number of carbonyl (C=O) groups is 2. The van der Waals surface area contributed by atoms with Crippen LogP contribution in [0.1, 0.15) is 23.7 Å². The van der Waals surface area contributed by atoms with Gasteiger partial charge in [-0.15, -0.1) is 0 Å². The molecule has 0 bridgehead atoms. The summed E-state index contributed by atoms with van der Waals surface area (Å²) in [5, 5.41) is 0. The van der Waals surface area contributed by atoms with Crippen LogP contribution in [0.15, 0.2) is 36.1 Å². The third-order valence-corrected chi connectivity index (χ3v) is 2.12. The Morgan fingerprint density at radius 1 is 1.35 bits per heavy atom. The van der Waals surface area contributed by atoms with Crippen LogP contribution in [0.2, 0.25) is 0 Å². The first kappa shape index (κ1) is 13.0. The van der Waals surface area contributed by atoms with Crippen molar-refractivity contribution in [2.24, 2.45) is 0 Å². The van der Waals surface area contributed by atoms with Gasteiger partial charge in [-0.25, -0.2) is 4.79 Å². The Kier molecular flexibility index (Phi) is 4.94. The van der Waals surface area contributed by atoms with Crippen molar-refractivity contribution >= 4 is 12.3 Å². The lowest BCUT2D eigenvalue weighted by Crippen LogP contribution is -2.02. The molecular weight excluding hydrogens is 220 g/mol. The van der Waals surface area contributed by atoms with E-state index in [0.717, 1.165) is 0 Å². The monoisotopic (exact) mass is 234 g/mol. The fourth-order valence-electron chi connectivity index (χ4n) is 1.21. The van der Waals surface area contributed by atoms with Crippen LogP contribution in [0.25, 0.3) is 0 Å². The van der Waals surface area contributed by atoms with E-state index >= 15 is 0 Å². The quantitative estimate of drug-likeness (QED) is 0.339. The Balaban J connectivity index is 2.91. The highest BCUT2D eigenvalue weighted by molar-refractivity contribution is 5.82. The first-order chi connectivity index (χ1) is 8.21. The summed E-state index contributed by atoms with van der Waals surface area (Å²) in [7, 11) is 1.30. The van der Waals surface area contributed by atoms with Gasteiger partial charge in [0.05, 0.1) is 18.7 Å². The van der Waals surface area contributed by atoms with Gasteiger partial charge in [0, 0.05) is 6.42 Å². The van der Waals surface area contributed by atoms with Crippen molar-refractivity contribution in [1.29, 1.82) is 0 Å². The summed E-state index contributed by atoms with van der Waals surface area (Å²) in [6.07, 6.45) is 2.50. The van der Waals surface area contributed by atoms with E-state index in [4.69, 9.17) is 4.74 Å². The van der Waals surface area contributed by atoms with Crippen molar-refractivity contribution < 1.29 is 19.1 Å². The van der Waals surface area contributed by atoms with Crippen molar-refractivity contribution in [3.05, 3.63) is 41.7 Å². The molecule has 1 aromatic carbocycles. The molecule has 0 radical (unpaired) electrons. The molecule has 0 aliphatic heterocycles. The van der Waals surface area contributed by atoms with Gasteiger partial charge >= 0.3 is 5.97 Å². The number of methoxy groups -OCH3 is 1. The molecule has 1 aromatic rings. The number of benzene rings is 1. The van der Waals surface area contributed by atoms with Gasteiger partial charge < -0.3 is 9.47 Å². The zero-order valence-corrected chi connectivity index (χ0v) is 9.80. The van der Waals surface area contributed by atoms with Gasteiger partial charge in [-0.3, -0.25) is 4.79 Å². The number of allylic oxidation sites excluding steroid dienone is 1. The summed E-state index contributed by atoms with van der Waals surface area (Å²) in [5.74, 6) is 0.399. The van der Waals surface area contributed by atoms with Gasteiger partial charge in [-0.2, -0.15) is 0 Å². The first-order valence-electron chi connectivity index (χ1n) is 5.21. The molecule has 4 heteroatoms. The summed E-state index contributed by atoms with van der Waals surface area (Å²) < 4.78 is 10.00. The third-order valence-electron chi connectivity index (χ3n) is 2.12. The van der Waals surface area contributed by atoms with Crippen molar-refractivity contribution in [1.82, 2.24) is 0 Å². The maximum atomic E-state index is 11.1. The average molecular weight is 234 g/mol. The molecule has 0 fully saturated rings. The number of ether oxygens (including phenoxy) is 2. The zero-order chi connectivity index (χ0) is 12.7. The summed E-state index contributed by atoms with van der Waals surface area (Å²) in [6.45, 7) is 1.85. The Hall–Kier alpha value is -2.10. The second-order valence-corrected chi connectivity index (χ2v) is 3.25. The first-order valence-corrected chi connectivity index (χ1v) is 5.21. The Morgan fingerprint density at radius 3 is 2.65 bits per heavy atom. The molecular formula is C13H14O4. The van der Waals surface area contributed by atoms with Gasteiger partial charge in [0.25, 0.3) is 0 Å². The lowest BCUT2D eigenvalue weighted by atomic mass is 10.2. The lowest BCUT2D eigenvalue weighted by Gasteiger charge is -2.09. The molecule has 4 nitrogen and oxygen atoms in total. The van der Waals surface area contributed by atoms with E-state index in [1.807, 2.05) is 6.92 Å². The number of hydrogen-bond donors (Lipinski definition) is 0. The van der Waals surface area contributed by atoms with Crippen LogP contribution in [0, 0.1) is 0 Å². The van der Waals surface area contributed by atoms with Gasteiger partial charge in [0.1, 0.15) is 11.5 Å². The van der Waals surface area contributed by atoms with Crippen LogP contribution in [0.5, 0.6) is 5.75 Å². The van der Waals surface area contributed by atoms with Crippen LogP contribution < -0.4 is 4.74 Å². The SMILES string of the molecule is CC/C(=C\C(=O)OC)Oc1ccccc1C=O. The molecule has 0 spiro atoms. The summed E-state index contributed by atoms with van der Waals surface area (Å²) in [6, 6.07) is 6.82. The van der Waals surface area contributed by atoms with Gasteiger partial charge in [0.2, 0.25) is 0 Å². The average Bonchev–Trinajstić information content (AvgIpc) is 2.38. The molecule has 0 heterocycles. The number of hydrogen-bond acceptors (Lipinski definition) is 4. The summed E-state index contributed by atoms with van der Waals surface area (Å²) >= 11 is 0. The number of carbonyl (C=O) groups excluding carboxylic acids is 2. The molecule has 0 aliphatic rings. The van der Waals surface area contributed by atoms with Gasteiger partial charge in [-0.05, 0) is 12.1 Å². The zero-order valence-electron chi connectivity index (χ0n) is 9.80. The highest BCUT2D eigenvalue weighted by Crippen LogP contribution is 2.19. The fraction of sp³-hybridized carbons (Fsp3) is 0.231. The van der Waals surface area contributed by atoms with Crippen LogP contribution in [0.3, 0.4) is 0 Å². The molecule has 0 amide bonds. The number of rotatable bonds is 5. The maximum absolute atomic E-state index is 11.1. The smallest absolute Gasteiger partial charge is 0.333 e. The molecule has 1 rings (SSSR count). The standard InChI is InChI=1S/C13H14O4/c1-3-11(8-13(15)16-2)17-12-7-5-4-6-10(12)9-14/h4-9H,3H2,1-2H3/b11-8+. The topological polar surface area (TPSA) is 52.6 Å². The molecule has 0 aromatic heterocycles. The number of esters is 1. The second-order valence-electron chi connectivity index (χ2n) is 3.25. The van der Waals surface area contributed by atoms with Crippen molar-refractivity contribution in [3.63, 3.8) is 0 Å². The summed E-state index contributed by atoms with van der Waals surface area (Å²) in [4.78, 5) is 21.9. The Morgan fingerprint density at radius 2 is 2.06 bits per heavy atom. The van der Waals surface area contributed by atoms with E-state index in [-0.39, 0.29) is 0 Å². The van der Waals surface area contributed by atoms with E-state index in [1.165, 1.54) is 13.2 Å². The summed E-state index contributed by atoms with van der Waals surface area (Å²) in [5.41, 5.74) is 0.441. The maximum Gasteiger partial charge on any atom is 0.333 e. The van der Waals surface area contributed by atoms with Crippen LogP contribution in [-0.4, -0.2) is 19.4 Å². The molecule has 90 valence electrons. The van der Waals surface area contributed by atoms with E-state index in [2.05, 4.69) is 4.74 Å². The lowest BCUT2D eigenvalue weighted by molar-refractivity contribution is -0.135. The minimum atomic E-state index is -0.481. The van der Waals surface area contributed by atoms with Gasteiger partial charge in [0.15, 0.2) is 6.29 Å². The van der Waals surface area contributed by atoms with E-state index < -0.39 is 5.97 Å². The molecule has 0 saturated heterocycles. The van der Waals surface area contributed by atoms with E-state index in [1.54, 1.807) is 24.3 Å². The molecule has 0 aliphatic carbocycles. The van der Waals surface area contributed by atoms with Crippen molar-refractivity contribution in [2.45, 2.75) is 13.3 Å². The van der Waals surface area contributed by atoms with E-state index in [0.29, 0.717) is 29.8 Å². The van der Waals surface area contributed by atoms with Crippen molar-refractivity contribution in [2.75, 3.05) is 7.11 Å². The number of aldehydes is 1. The number of para-hydroxylation sites is 1. The highest BCUT2D eigenvalue weighted by Gasteiger charge is 2.06. The van der Waals surface area contributed by atoms with Crippen molar-refractivity contribution in [3.8, 4) is 5.75 Å². The van der Waals surface area contributed by atoms with E-state index in [9.17, 15) is 9.59 Å². The largest absolute Gasteiger partial charge is 0.466 e. The minimum Gasteiger partial charge on any atom is -0.466 e. The molecule has 0 atom stereocenters. The normalized spacial score (nSPS) is 10.8. The molecule has 17 heavy (non-hydrogen) atoms. The highest BCUT2D eigenvalue weighted by atomic mass is 16.5. The predicted molar refractivity (Wildman–Crippen MR) is 62.8 cm³/mol.